The zero-order chi connectivity index (χ0) is 18.0. The SMILES string of the molecule is C=CS(=O)(=O)NC[C@H]1CCCN(S(=O)(=O)c2ccc(F)cc2F)C1. The summed E-state index contributed by atoms with van der Waals surface area (Å²) >= 11 is 0. The normalized spacial score (nSPS) is 20.0. The van der Waals surface area contributed by atoms with Crippen LogP contribution in [0.4, 0.5) is 8.78 Å². The number of benzene rings is 1. The molecule has 0 spiro atoms. The third-order valence-electron chi connectivity index (χ3n) is 3.79. The molecule has 0 aliphatic carbocycles. The molecule has 1 aromatic rings. The first kappa shape index (κ1) is 19.0. The number of sulfonamides is 2. The molecule has 0 amide bonds. The Balaban J connectivity index is 2.14. The Hall–Kier alpha value is -1.36. The van der Waals surface area contributed by atoms with Crippen molar-refractivity contribution in [2.24, 2.45) is 5.92 Å². The van der Waals surface area contributed by atoms with E-state index >= 15 is 0 Å². The van der Waals surface area contributed by atoms with Gasteiger partial charge in [-0.2, -0.15) is 4.31 Å². The van der Waals surface area contributed by atoms with E-state index in [0.29, 0.717) is 18.9 Å². The van der Waals surface area contributed by atoms with Crippen molar-refractivity contribution in [2.75, 3.05) is 19.6 Å². The number of halogens is 2. The van der Waals surface area contributed by atoms with E-state index in [1.165, 1.54) is 0 Å². The Morgan fingerprint density at radius 3 is 2.62 bits per heavy atom. The molecule has 1 aromatic carbocycles. The maximum absolute atomic E-state index is 13.8. The summed E-state index contributed by atoms with van der Waals surface area (Å²) in [6, 6.07) is 2.30. The molecule has 1 atom stereocenters. The highest BCUT2D eigenvalue weighted by molar-refractivity contribution is 7.92. The van der Waals surface area contributed by atoms with E-state index in [1.54, 1.807) is 0 Å². The van der Waals surface area contributed by atoms with Gasteiger partial charge in [0.25, 0.3) is 0 Å². The molecule has 1 aliphatic rings. The van der Waals surface area contributed by atoms with E-state index in [2.05, 4.69) is 11.3 Å². The van der Waals surface area contributed by atoms with Crippen molar-refractivity contribution in [3.05, 3.63) is 41.8 Å². The summed E-state index contributed by atoms with van der Waals surface area (Å²) in [7, 11) is -7.70. The van der Waals surface area contributed by atoms with E-state index in [1.807, 2.05) is 0 Å². The Labute approximate surface area is 140 Å². The lowest BCUT2D eigenvalue weighted by molar-refractivity contribution is 0.266. The third kappa shape index (κ3) is 4.38. The molecule has 134 valence electrons. The molecule has 0 saturated carbocycles. The summed E-state index contributed by atoms with van der Waals surface area (Å²) in [4.78, 5) is -0.587. The largest absolute Gasteiger partial charge is 0.245 e. The van der Waals surface area contributed by atoms with Gasteiger partial charge in [0.05, 0.1) is 0 Å². The number of rotatable bonds is 6. The van der Waals surface area contributed by atoms with Gasteiger partial charge < -0.3 is 0 Å². The number of piperidine rings is 1. The van der Waals surface area contributed by atoms with Crippen molar-refractivity contribution in [3.63, 3.8) is 0 Å². The first-order valence-corrected chi connectivity index (χ1v) is 10.2. The fourth-order valence-electron chi connectivity index (χ4n) is 2.53. The van der Waals surface area contributed by atoms with Gasteiger partial charge >= 0.3 is 0 Å². The van der Waals surface area contributed by atoms with Gasteiger partial charge in [-0.05, 0) is 30.9 Å². The molecular weight excluding hydrogens is 362 g/mol. The molecule has 24 heavy (non-hydrogen) atoms. The molecule has 0 aromatic heterocycles. The highest BCUT2D eigenvalue weighted by Crippen LogP contribution is 2.25. The lowest BCUT2D eigenvalue weighted by atomic mass is 10.0. The molecule has 0 radical (unpaired) electrons. The molecule has 2 rings (SSSR count). The first-order valence-electron chi connectivity index (χ1n) is 7.23. The van der Waals surface area contributed by atoms with Crippen LogP contribution in [0.2, 0.25) is 0 Å². The molecule has 0 unspecified atom stereocenters. The zero-order valence-corrected chi connectivity index (χ0v) is 14.4. The van der Waals surface area contributed by atoms with Crippen molar-refractivity contribution >= 4 is 20.0 Å². The fourth-order valence-corrected chi connectivity index (χ4v) is 4.71. The van der Waals surface area contributed by atoms with Crippen LogP contribution in [-0.4, -0.2) is 40.8 Å². The van der Waals surface area contributed by atoms with Gasteiger partial charge in [-0.1, -0.05) is 6.58 Å². The predicted octanol–water partition coefficient (Wildman–Crippen LogP) is 1.43. The van der Waals surface area contributed by atoms with Crippen LogP contribution in [0, 0.1) is 17.6 Å². The standard InChI is InChI=1S/C14H18F2N2O4S2/c1-2-23(19,20)17-9-11-4-3-7-18(10-11)24(21,22)14-6-5-12(15)8-13(14)16/h2,5-6,8,11,17H,1,3-4,7,9-10H2/t11-/m1/s1. The average molecular weight is 380 g/mol. The summed E-state index contributed by atoms with van der Waals surface area (Å²) in [6.45, 7) is 3.49. The number of hydrogen-bond donors (Lipinski definition) is 1. The maximum atomic E-state index is 13.8. The second-order valence-electron chi connectivity index (χ2n) is 5.51. The van der Waals surface area contributed by atoms with Crippen molar-refractivity contribution in [1.82, 2.24) is 9.03 Å². The second kappa shape index (κ2) is 7.26. The number of hydrogen-bond acceptors (Lipinski definition) is 4. The van der Waals surface area contributed by atoms with Gasteiger partial charge in [-0.3, -0.25) is 0 Å². The topological polar surface area (TPSA) is 83.6 Å². The summed E-state index contributed by atoms with van der Waals surface area (Å²) < 4.78 is 78.0. The Morgan fingerprint density at radius 2 is 2.00 bits per heavy atom. The average Bonchev–Trinajstić information content (AvgIpc) is 2.53. The molecular formula is C14H18F2N2O4S2. The minimum atomic E-state index is -4.11. The Kier molecular flexibility index (Phi) is 5.74. The van der Waals surface area contributed by atoms with Crippen molar-refractivity contribution in [3.8, 4) is 0 Å². The van der Waals surface area contributed by atoms with Crippen molar-refractivity contribution in [2.45, 2.75) is 17.7 Å². The summed E-state index contributed by atoms with van der Waals surface area (Å²) in [6.07, 6.45) is 1.15. The molecule has 1 N–H and O–H groups in total. The summed E-state index contributed by atoms with van der Waals surface area (Å²) in [5.41, 5.74) is 0. The third-order valence-corrected chi connectivity index (χ3v) is 6.69. The molecule has 1 heterocycles. The van der Waals surface area contributed by atoms with Crippen LogP contribution in [0.3, 0.4) is 0 Å². The van der Waals surface area contributed by atoms with Crippen molar-refractivity contribution in [1.29, 1.82) is 0 Å². The van der Waals surface area contributed by atoms with Crippen LogP contribution in [0.1, 0.15) is 12.8 Å². The molecule has 6 nitrogen and oxygen atoms in total. The molecule has 0 bridgehead atoms. The van der Waals surface area contributed by atoms with E-state index in [4.69, 9.17) is 0 Å². The van der Waals surface area contributed by atoms with Crippen LogP contribution in [-0.2, 0) is 20.0 Å². The number of nitrogens with one attached hydrogen (secondary N) is 1. The minimum Gasteiger partial charge on any atom is -0.211 e. The van der Waals surface area contributed by atoms with Gasteiger partial charge in [-0.25, -0.2) is 30.3 Å². The monoisotopic (exact) mass is 380 g/mol. The minimum absolute atomic E-state index is 0.0544. The van der Waals surface area contributed by atoms with Crippen LogP contribution in [0.5, 0.6) is 0 Å². The van der Waals surface area contributed by atoms with Gasteiger partial charge in [0.1, 0.15) is 16.5 Å². The van der Waals surface area contributed by atoms with Crippen LogP contribution >= 0.6 is 0 Å². The highest BCUT2D eigenvalue weighted by atomic mass is 32.2. The maximum Gasteiger partial charge on any atom is 0.245 e. The number of nitrogens with zero attached hydrogens (tertiary/aromatic N) is 1. The second-order valence-corrected chi connectivity index (χ2v) is 9.12. The summed E-state index contributed by atoms with van der Waals surface area (Å²) in [5, 5.41) is 0.776. The summed E-state index contributed by atoms with van der Waals surface area (Å²) in [5.74, 6) is -2.25. The Bertz CT molecular complexity index is 825. The van der Waals surface area contributed by atoms with E-state index in [9.17, 15) is 25.6 Å². The molecule has 1 aliphatic heterocycles. The van der Waals surface area contributed by atoms with E-state index in [-0.39, 0.29) is 25.6 Å². The zero-order valence-electron chi connectivity index (χ0n) is 12.8. The van der Waals surface area contributed by atoms with Gasteiger partial charge in [0.15, 0.2) is 0 Å². The fraction of sp³-hybridized carbons (Fsp3) is 0.429. The van der Waals surface area contributed by atoms with Crippen LogP contribution in [0.25, 0.3) is 0 Å². The van der Waals surface area contributed by atoms with Crippen molar-refractivity contribution < 1.29 is 25.6 Å². The smallest absolute Gasteiger partial charge is 0.211 e. The Morgan fingerprint density at radius 1 is 1.29 bits per heavy atom. The molecule has 1 fully saturated rings. The van der Waals surface area contributed by atoms with Gasteiger partial charge in [-0.15, -0.1) is 0 Å². The lowest BCUT2D eigenvalue weighted by Crippen LogP contribution is -2.43. The van der Waals surface area contributed by atoms with Crippen LogP contribution < -0.4 is 4.72 Å². The lowest BCUT2D eigenvalue weighted by Gasteiger charge is -2.32. The first-order chi connectivity index (χ1) is 11.2. The van der Waals surface area contributed by atoms with E-state index in [0.717, 1.165) is 21.8 Å². The molecule has 1 saturated heterocycles. The van der Waals surface area contributed by atoms with E-state index < -0.39 is 36.6 Å². The highest BCUT2D eigenvalue weighted by Gasteiger charge is 2.32. The van der Waals surface area contributed by atoms with Gasteiger partial charge in [0.2, 0.25) is 20.0 Å². The quantitative estimate of drug-likeness (QED) is 0.809. The molecule has 10 heteroatoms. The van der Waals surface area contributed by atoms with Crippen LogP contribution in [0.15, 0.2) is 35.1 Å². The van der Waals surface area contributed by atoms with Gasteiger partial charge in [0, 0.05) is 31.1 Å². The predicted molar refractivity (Wildman–Crippen MR) is 85.0 cm³/mol.